The smallest absolute Gasteiger partial charge is 0.228 e. The Morgan fingerprint density at radius 1 is 0.917 bits per heavy atom. The fraction of sp³-hybridized carbons (Fsp3) is 0.0500. The fourth-order valence-electron chi connectivity index (χ4n) is 2.83. The summed E-state index contributed by atoms with van der Waals surface area (Å²) in [5, 5.41) is 4.96. The molecule has 4 rings (SSSR count). The molecule has 0 aliphatic rings. The quantitative estimate of drug-likeness (QED) is 0.623. The van der Waals surface area contributed by atoms with Crippen LogP contribution in [0.4, 0.5) is 5.69 Å². The Morgan fingerprint density at radius 3 is 2.71 bits per heavy atom. The monoisotopic (exact) mass is 313 g/mol. The van der Waals surface area contributed by atoms with Crippen molar-refractivity contribution < 1.29 is 4.79 Å². The topological polar surface area (TPSA) is 54.9 Å². The summed E-state index contributed by atoms with van der Waals surface area (Å²) in [4.78, 5) is 21.1. The average molecular weight is 313 g/mol. The number of carbonyl (C=O) groups is 1. The minimum Gasteiger partial charge on any atom is -0.324 e. The zero-order valence-electron chi connectivity index (χ0n) is 12.9. The van der Waals surface area contributed by atoms with Gasteiger partial charge in [0.2, 0.25) is 5.91 Å². The molecular formula is C20H15N3O. The predicted octanol–water partition coefficient (Wildman–Crippen LogP) is 3.96. The highest BCUT2D eigenvalue weighted by Gasteiger charge is 2.08. The van der Waals surface area contributed by atoms with Crippen molar-refractivity contribution in [3.8, 4) is 0 Å². The van der Waals surface area contributed by atoms with E-state index in [9.17, 15) is 4.79 Å². The van der Waals surface area contributed by atoms with Crippen molar-refractivity contribution in [3.05, 3.63) is 78.6 Å². The summed E-state index contributed by atoms with van der Waals surface area (Å²) in [5.74, 6) is -0.0785. The van der Waals surface area contributed by atoms with E-state index in [-0.39, 0.29) is 12.3 Å². The van der Waals surface area contributed by atoms with Crippen LogP contribution in [0.5, 0.6) is 0 Å². The summed E-state index contributed by atoms with van der Waals surface area (Å²) in [7, 11) is 0. The van der Waals surface area contributed by atoms with Crippen LogP contribution < -0.4 is 5.32 Å². The van der Waals surface area contributed by atoms with E-state index < -0.39 is 0 Å². The molecule has 0 radical (unpaired) electrons. The Hall–Kier alpha value is -3.27. The average Bonchev–Trinajstić information content (AvgIpc) is 2.62. The number of nitrogens with zero attached hydrogens (tertiary/aromatic N) is 2. The van der Waals surface area contributed by atoms with Crippen molar-refractivity contribution in [3.63, 3.8) is 0 Å². The lowest BCUT2D eigenvalue weighted by Crippen LogP contribution is -2.14. The number of rotatable bonds is 3. The molecule has 0 spiro atoms. The molecule has 1 N–H and O–H groups in total. The summed E-state index contributed by atoms with van der Waals surface area (Å²) in [6.07, 6.45) is 3.71. The van der Waals surface area contributed by atoms with Gasteiger partial charge in [0.1, 0.15) is 0 Å². The molecule has 0 bridgehead atoms. The molecule has 1 amide bonds. The first-order chi connectivity index (χ1) is 11.8. The molecule has 2 aromatic heterocycles. The molecule has 116 valence electrons. The van der Waals surface area contributed by atoms with Crippen molar-refractivity contribution in [2.45, 2.75) is 6.42 Å². The van der Waals surface area contributed by atoms with Crippen molar-refractivity contribution in [1.29, 1.82) is 0 Å². The maximum atomic E-state index is 12.4. The molecule has 0 unspecified atom stereocenters. The number of amides is 1. The molecular weight excluding hydrogens is 298 g/mol. The second-order valence-corrected chi connectivity index (χ2v) is 5.63. The summed E-state index contributed by atoms with van der Waals surface area (Å²) < 4.78 is 0. The van der Waals surface area contributed by atoms with Crippen LogP contribution in [-0.4, -0.2) is 15.9 Å². The first kappa shape index (κ1) is 14.3. The number of pyridine rings is 2. The van der Waals surface area contributed by atoms with Gasteiger partial charge in [-0.15, -0.1) is 0 Å². The summed E-state index contributed by atoms with van der Waals surface area (Å²) >= 11 is 0. The lowest BCUT2D eigenvalue weighted by molar-refractivity contribution is -0.115. The highest BCUT2D eigenvalue weighted by molar-refractivity contribution is 5.96. The van der Waals surface area contributed by atoms with Gasteiger partial charge in [0, 0.05) is 17.0 Å². The van der Waals surface area contributed by atoms with Crippen molar-refractivity contribution in [1.82, 2.24) is 9.97 Å². The lowest BCUT2D eigenvalue weighted by atomic mass is 10.1. The molecule has 0 atom stereocenters. The molecule has 2 heterocycles. The third kappa shape index (κ3) is 2.82. The van der Waals surface area contributed by atoms with Crippen LogP contribution in [-0.2, 0) is 11.2 Å². The number of hydrogen-bond donors (Lipinski definition) is 1. The Kier molecular flexibility index (Phi) is 3.63. The van der Waals surface area contributed by atoms with Crippen LogP contribution in [0.2, 0.25) is 0 Å². The van der Waals surface area contributed by atoms with Gasteiger partial charge in [0.25, 0.3) is 0 Å². The maximum absolute atomic E-state index is 12.4. The van der Waals surface area contributed by atoms with Gasteiger partial charge in [-0.25, -0.2) is 0 Å². The third-order valence-electron chi connectivity index (χ3n) is 3.94. The van der Waals surface area contributed by atoms with Crippen LogP contribution in [0.3, 0.4) is 0 Å². The van der Waals surface area contributed by atoms with E-state index in [1.807, 2.05) is 60.7 Å². The largest absolute Gasteiger partial charge is 0.324 e. The van der Waals surface area contributed by atoms with Crippen LogP contribution in [0.25, 0.3) is 21.8 Å². The minimum atomic E-state index is -0.0785. The highest BCUT2D eigenvalue weighted by atomic mass is 16.1. The van der Waals surface area contributed by atoms with Gasteiger partial charge in [-0.05, 0) is 23.8 Å². The molecule has 4 heteroatoms. The minimum absolute atomic E-state index is 0.0785. The van der Waals surface area contributed by atoms with Crippen LogP contribution in [0, 0.1) is 0 Å². The van der Waals surface area contributed by atoms with Crippen LogP contribution in [0.1, 0.15) is 5.56 Å². The first-order valence-electron chi connectivity index (χ1n) is 7.77. The molecule has 0 saturated heterocycles. The third-order valence-corrected chi connectivity index (χ3v) is 3.94. The van der Waals surface area contributed by atoms with Crippen molar-refractivity contribution in [2.24, 2.45) is 0 Å². The van der Waals surface area contributed by atoms with Crippen LogP contribution >= 0.6 is 0 Å². The second-order valence-electron chi connectivity index (χ2n) is 5.63. The zero-order valence-corrected chi connectivity index (χ0v) is 12.9. The molecule has 4 nitrogen and oxygen atoms in total. The molecule has 2 aromatic carbocycles. The fourth-order valence-corrected chi connectivity index (χ4v) is 2.83. The summed E-state index contributed by atoms with van der Waals surface area (Å²) in [6, 6.07) is 19.5. The second kappa shape index (κ2) is 6.08. The van der Waals surface area contributed by atoms with Gasteiger partial charge in [0.05, 0.1) is 29.3 Å². The lowest BCUT2D eigenvalue weighted by Gasteiger charge is -2.08. The van der Waals surface area contributed by atoms with E-state index >= 15 is 0 Å². The van der Waals surface area contributed by atoms with E-state index in [4.69, 9.17) is 0 Å². The van der Waals surface area contributed by atoms with Gasteiger partial charge in [-0.2, -0.15) is 0 Å². The predicted molar refractivity (Wildman–Crippen MR) is 95.8 cm³/mol. The number of aromatic nitrogens is 2. The summed E-state index contributed by atoms with van der Waals surface area (Å²) in [5.41, 5.74) is 3.40. The van der Waals surface area contributed by atoms with E-state index in [2.05, 4.69) is 15.3 Å². The number of para-hydroxylation sites is 2. The number of carbonyl (C=O) groups excluding carboxylic acids is 1. The number of anilines is 1. The van der Waals surface area contributed by atoms with Gasteiger partial charge < -0.3 is 5.32 Å². The molecule has 24 heavy (non-hydrogen) atoms. The number of fused-ring (bicyclic) bond motifs is 2. The Bertz CT molecular complexity index is 1040. The van der Waals surface area contributed by atoms with Crippen LogP contribution in [0.15, 0.2) is 73.1 Å². The SMILES string of the molecule is O=C(Cc1cccc2cccnc12)Nc1cnc2ccccc2c1. The van der Waals surface area contributed by atoms with Gasteiger partial charge in [-0.3, -0.25) is 14.8 Å². The molecule has 0 saturated carbocycles. The zero-order chi connectivity index (χ0) is 16.4. The molecule has 0 aliphatic carbocycles. The van der Waals surface area contributed by atoms with Gasteiger partial charge in [-0.1, -0.05) is 42.5 Å². The number of hydrogen-bond acceptors (Lipinski definition) is 3. The molecule has 0 aliphatic heterocycles. The van der Waals surface area contributed by atoms with E-state index in [0.29, 0.717) is 5.69 Å². The first-order valence-corrected chi connectivity index (χ1v) is 7.77. The van der Waals surface area contributed by atoms with Gasteiger partial charge in [0.15, 0.2) is 0 Å². The maximum Gasteiger partial charge on any atom is 0.228 e. The molecule has 4 aromatic rings. The molecule has 0 fully saturated rings. The summed E-state index contributed by atoms with van der Waals surface area (Å²) in [6.45, 7) is 0. The normalized spacial score (nSPS) is 10.8. The Labute approximate surface area is 139 Å². The number of nitrogens with one attached hydrogen (secondary N) is 1. The Morgan fingerprint density at radius 2 is 1.75 bits per heavy atom. The van der Waals surface area contributed by atoms with E-state index in [1.54, 1.807) is 12.4 Å². The number of benzene rings is 2. The van der Waals surface area contributed by atoms with Crippen molar-refractivity contribution >= 4 is 33.4 Å². The van der Waals surface area contributed by atoms with E-state index in [0.717, 1.165) is 27.4 Å². The van der Waals surface area contributed by atoms with Crippen molar-refractivity contribution in [2.75, 3.05) is 5.32 Å². The van der Waals surface area contributed by atoms with Gasteiger partial charge >= 0.3 is 0 Å². The van der Waals surface area contributed by atoms with E-state index in [1.165, 1.54) is 0 Å². The Balaban J connectivity index is 1.57. The standard InChI is InChI=1S/C20H15N3O/c24-19(12-16-7-3-6-14-8-4-10-21-20(14)16)23-17-11-15-5-1-2-9-18(15)22-13-17/h1-11,13H,12H2,(H,23,24). The highest BCUT2D eigenvalue weighted by Crippen LogP contribution is 2.18.